The number of benzene rings is 2. The molecule has 1 amide bonds. The molecule has 0 radical (unpaired) electrons. The molecule has 0 atom stereocenters. The Kier molecular flexibility index (Phi) is 6.58. The first kappa shape index (κ1) is 24.4. The standard InChI is InChI=1S/C30H29N5O2/c1-18-12-20(3)29-25(13-18)19(2)14-27(33-29)35-30(24(16-31)17-32-35)34-28(37)11-10-26(36)23-9-8-21-6-4-5-7-22(21)15-23/h8-9,12-15,17H,4-7,10-11H2,1-3H3,(H,34,37). The van der Waals surface area contributed by atoms with E-state index in [2.05, 4.69) is 35.5 Å². The summed E-state index contributed by atoms with van der Waals surface area (Å²) in [6, 6.07) is 14.0. The first-order valence-corrected chi connectivity index (χ1v) is 12.7. The van der Waals surface area contributed by atoms with Gasteiger partial charge in [-0.2, -0.15) is 15.0 Å². The maximum absolute atomic E-state index is 12.9. The highest BCUT2D eigenvalue weighted by atomic mass is 16.2. The van der Waals surface area contributed by atoms with Gasteiger partial charge in [-0.15, -0.1) is 0 Å². The summed E-state index contributed by atoms with van der Waals surface area (Å²) in [6.07, 6.45) is 5.91. The van der Waals surface area contributed by atoms with E-state index in [1.54, 1.807) is 0 Å². The first-order valence-electron chi connectivity index (χ1n) is 12.7. The smallest absolute Gasteiger partial charge is 0.226 e. The normalized spacial score (nSPS) is 12.7. The van der Waals surface area contributed by atoms with Crippen LogP contribution in [0.3, 0.4) is 0 Å². The largest absolute Gasteiger partial charge is 0.309 e. The van der Waals surface area contributed by atoms with E-state index in [0.29, 0.717) is 11.4 Å². The van der Waals surface area contributed by atoms with Crippen LogP contribution in [0.1, 0.15) is 69.4 Å². The Balaban J connectivity index is 1.35. The molecule has 0 spiro atoms. The predicted octanol–water partition coefficient (Wildman–Crippen LogP) is 5.70. The summed E-state index contributed by atoms with van der Waals surface area (Å²) in [5, 5.41) is 17.8. The predicted molar refractivity (Wildman–Crippen MR) is 143 cm³/mol. The SMILES string of the molecule is Cc1cc(C)c2nc(-n3ncc(C#N)c3NC(=O)CCC(=O)c3ccc4c(c3)CCCC4)cc(C)c2c1. The van der Waals surface area contributed by atoms with Crippen LogP contribution in [0.15, 0.2) is 42.6 Å². The van der Waals surface area contributed by atoms with Crippen molar-refractivity contribution in [3.05, 3.63) is 81.5 Å². The third-order valence-electron chi connectivity index (χ3n) is 7.06. The van der Waals surface area contributed by atoms with Crippen molar-refractivity contribution in [3.8, 4) is 11.9 Å². The highest BCUT2D eigenvalue weighted by Crippen LogP contribution is 2.27. The molecule has 0 saturated carbocycles. The summed E-state index contributed by atoms with van der Waals surface area (Å²) in [5.74, 6) is 0.354. The minimum Gasteiger partial charge on any atom is -0.309 e. The third-order valence-corrected chi connectivity index (χ3v) is 7.06. The van der Waals surface area contributed by atoms with Crippen molar-refractivity contribution in [1.29, 1.82) is 5.26 Å². The van der Waals surface area contributed by atoms with E-state index in [1.165, 1.54) is 28.4 Å². The van der Waals surface area contributed by atoms with Gasteiger partial charge in [0.05, 0.1) is 11.7 Å². The van der Waals surface area contributed by atoms with Gasteiger partial charge in [-0.1, -0.05) is 23.8 Å². The van der Waals surface area contributed by atoms with Gasteiger partial charge in [0, 0.05) is 23.8 Å². The fourth-order valence-electron chi connectivity index (χ4n) is 5.13. The molecule has 1 aliphatic rings. The zero-order chi connectivity index (χ0) is 26.1. The van der Waals surface area contributed by atoms with E-state index in [0.717, 1.165) is 46.9 Å². The summed E-state index contributed by atoms with van der Waals surface area (Å²) < 4.78 is 1.48. The van der Waals surface area contributed by atoms with Crippen LogP contribution in [0.2, 0.25) is 0 Å². The van der Waals surface area contributed by atoms with Gasteiger partial charge in [-0.05, 0) is 86.9 Å². The molecule has 1 aliphatic carbocycles. The molecular weight excluding hydrogens is 462 g/mol. The molecule has 2 heterocycles. The van der Waals surface area contributed by atoms with Crippen molar-refractivity contribution >= 4 is 28.4 Å². The van der Waals surface area contributed by atoms with Crippen LogP contribution in [-0.2, 0) is 17.6 Å². The Labute approximate surface area is 216 Å². The maximum Gasteiger partial charge on any atom is 0.226 e. The summed E-state index contributed by atoms with van der Waals surface area (Å²) in [7, 11) is 0. The van der Waals surface area contributed by atoms with Crippen LogP contribution >= 0.6 is 0 Å². The van der Waals surface area contributed by atoms with E-state index < -0.39 is 0 Å². The van der Waals surface area contributed by atoms with E-state index in [4.69, 9.17) is 4.98 Å². The zero-order valence-electron chi connectivity index (χ0n) is 21.4. The highest BCUT2D eigenvalue weighted by molar-refractivity contribution is 6.00. The summed E-state index contributed by atoms with van der Waals surface area (Å²) in [6.45, 7) is 6.07. The zero-order valence-corrected chi connectivity index (χ0v) is 21.4. The van der Waals surface area contributed by atoms with Crippen LogP contribution in [0.5, 0.6) is 0 Å². The van der Waals surface area contributed by atoms with Crippen LogP contribution in [0.25, 0.3) is 16.7 Å². The minimum atomic E-state index is -0.353. The van der Waals surface area contributed by atoms with Gasteiger partial charge in [0.25, 0.3) is 0 Å². The maximum atomic E-state index is 12.9. The number of nitriles is 1. The first-order chi connectivity index (χ1) is 17.8. The summed E-state index contributed by atoms with van der Waals surface area (Å²) in [5.41, 5.74) is 7.52. The number of hydrogen-bond donors (Lipinski definition) is 1. The van der Waals surface area contributed by atoms with Crippen molar-refractivity contribution in [1.82, 2.24) is 14.8 Å². The minimum absolute atomic E-state index is 0.00846. The molecule has 1 N–H and O–H groups in total. The number of anilines is 1. The lowest BCUT2D eigenvalue weighted by molar-refractivity contribution is -0.116. The molecule has 5 rings (SSSR count). The van der Waals surface area contributed by atoms with Crippen LogP contribution in [0.4, 0.5) is 5.82 Å². The second-order valence-electron chi connectivity index (χ2n) is 9.87. The number of carbonyl (C=O) groups excluding carboxylic acids is 2. The molecule has 186 valence electrons. The van der Waals surface area contributed by atoms with Crippen molar-refractivity contribution < 1.29 is 9.59 Å². The van der Waals surface area contributed by atoms with Crippen molar-refractivity contribution in [2.24, 2.45) is 0 Å². The van der Waals surface area contributed by atoms with E-state index in [-0.39, 0.29) is 35.9 Å². The van der Waals surface area contributed by atoms with Gasteiger partial charge in [-0.3, -0.25) is 9.59 Å². The number of nitrogens with zero attached hydrogens (tertiary/aromatic N) is 4. The molecule has 4 aromatic rings. The number of hydrogen-bond acceptors (Lipinski definition) is 5. The number of aromatic nitrogens is 3. The Morgan fingerprint density at radius 1 is 1.00 bits per heavy atom. The topological polar surface area (TPSA) is 101 Å². The molecule has 0 saturated heterocycles. The fourth-order valence-corrected chi connectivity index (χ4v) is 5.13. The molecular formula is C30H29N5O2. The number of pyridine rings is 1. The lowest BCUT2D eigenvalue weighted by atomic mass is 9.89. The number of aryl methyl sites for hydroxylation is 5. The quantitative estimate of drug-likeness (QED) is 0.349. The van der Waals surface area contributed by atoms with Gasteiger partial charge >= 0.3 is 0 Å². The van der Waals surface area contributed by atoms with E-state index in [9.17, 15) is 14.9 Å². The van der Waals surface area contributed by atoms with E-state index in [1.807, 2.05) is 38.1 Å². The van der Waals surface area contributed by atoms with Crippen molar-refractivity contribution in [2.75, 3.05) is 5.32 Å². The molecule has 2 aromatic heterocycles. The summed E-state index contributed by atoms with van der Waals surface area (Å²) in [4.78, 5) is 30.5. The third kappa shape index (κ3) is 4.88. The van der Waals surface area contributed by atoms with Gasteiger partial charge in [-0.25, -0.2) is 4.98 Å². The Morgan fingerprint density at radius 3 is 2.57 bits per heavy atom. The number of ketones is 1. The molecule has 7 nitrogen and oxygen atoms in total. The lowest BCUT2D eigenvalue weighted by Crippen LogP contribution is -2.17. The van der Waals surface area contributed by atoms with E-state index >= 15 is 0 Å². The molecule has 37 heavy (non-hydrogen) atoms. The molecule has 0 aliphatic heterocycles. The number of nitrogens with one attached hydrogen (secondary N) is 1. The fraction of sp³-hybridized carbons (Fsp3) is 0.300. The van der Waals surface area contributed by atoms with Gasteiger partial charge in [0.15, 0.2) is 17.4 Å². The molecule has 7 heteroatoms. The number of amides is 1. The van der Waals surface area contributed by atoms with Crippen molar-refractivity contribution in [2.45, 2.75) is 59.3 Å². The molecule has 2 aromatic carbocycles. The van der Waals surface area contributed by atoms with Crippen LogP contribution < -0.4 is 5.32 Å². The molecule has 0 fully saturated rings. The second kappa shape index (κ2) is 9.98. The Hall–Kier alpha value is -4.31. The number of rotatable bonds is 6. The highest BCUT2D eigenvalue weighted by Gasteiger charge is 2.19. The van der Waals surface area contributed by atoms with Crippen LogP contribution in [0, 0.1) is 32.1 Å². The number of Topliss-reactive ketones (excluding diaryl/α,β-unsaturated/α-hetero) is 1. The van der Waals surface area contributed by atoms with Gasteiger partial charge in [0.1, 0.15) is 11.6 Å². The number of fused-ring (bicyclic) bond motifs is 2. The summed E-state index contributed by atoms with van der Waals surface area (Å²) >= 11 is 0. The average molecular weight is 492 g/mol. The Bertz CT molecular complexity index is 1590. The second-order valence-corrected chi connectivity index (χ2v) is 9.87. The lowest BCUT2D eigenvalue weighted by Gasteiger charge is -2.16. The Morgan fingerprint density at radius 2 is 1.78 bits per heavy atom. The van der Waals surface area contributed by atoms with Gasteiger partial charge < -0.3 is 5.32 Å². The average Bonchev–Trinajstić information content (AvgIpc) is 3.29. The monoisotopic (exact) mass is 491 g/mol. The van der Waals surface area contributed by atoms with Gasteiger partial charge in [0.2, 0.25) is 5.91 Å². The van der Waals surface area contributed by atoms with Crippen LogP contribution in [-0.4, -0.2) is 26.5 Å². The molecule has 0 bridgehead atoms. The molecule has 0 unspecified atom stereocenters. The van der Waals surface area contributed by atoms with Crippen molar-refractivity contribution in [3.63, 3.8) is 0 Å². The number of carbonyl (C=O) groups is 2.